The molecule has 0 aromatic rings. The second kappa shape index (κ2) is 8.34. The zero-order valence-electron chi connectivity index (χ0n) is 11.0. The van der Waals surface area contributed by atoms with Crippen molar-refractivity contribution in [3.63, 3.8) is 0 Å². The fraction of sp³-hybridized carbons (Fsp3) is 0.769. The molecule has 0 aliphatic rings. The Hall–Kier alpha value is -0.830. The topological polar surface area (TPSA) is 41.1 Å². The Balaban J connectivity index is 3.88. The van der Waals surface area contributed by atoms with Gasteiger partial charge >= 0.3 is 0 Å². The number of hydrogen-bond donors (Lipinski definition) is 2. The first-order valence-electron chi connectivity index (χ1n) is 6.15. The fourth-order valence-corrected chi connectivity index (χ4v) is 1.67. The Kier molecular flexibility index (Phi) is 7.90. The molecule has 3 heteroatoms. The van der Waals surface area contributed by atoms with Crippen LogP contribution in [0.25, 0.3) is 0 Å². The zero-order valence-corrected chi connectivity index (χ0v) is 11.0. The van der Waals surface area contributed by atoms with Crippen molar-refractivity contribution in [1.29, 1.82) is 0 Å². The second-order valence-electron chi connectivity index (χ2n) is 4.57. The van der Waals surface area contributed by atoms with Crippen molar-refractivity contribution in [1.82, 2.24) is 10.6 Å². The van der Waals surface area contributed by atoms with Gasteiger partial charge in [0.25, 0.3) is 0 Å². The van der Waals surface area contributed by atoms with Crippen LogP contribution in [0.1, 0.15) is 40.5 Å². The maximum atomic E-state index is 11.6. The van der Waals surface area contributed by atoms with E-state index in [0.717, 1.165) is 6.42 Å². The summed E-state index contributed by atoms with van der Waals surface area (Å²) in [5, 5.41) is 6.09. The maximum Gasteiger partial charge on any atom is 0.237 e. The van der Waals surface area contributed by atoms with Gasteiger partial charge in [0, 0.05) is 12.6 Å². The van der Waals surface area contributed by atoms with Crippen molar-refractivity contribution in [2.24, 2.45) is 5.92 Å². The molecule has 0 aromatic heterocycles. The molecule has 0 saturated carbocycles. The van der Waals surface area contributed by atoms with Crippen LogP contribution in [0.15, 0.2) is 12.7 Å². The van der Waals surface area contributed by atoms with Crippen LogP contribution in [-0.4, -0.2) is 24.5 Å². The monoisotopic (exact) mass is 226 g/mol. The molecule has 1 amide bonds. The smallest absolute Gasteiger partial charge is 0.237 e. The molecule has 0 bridgehead atoms. The predicted octanol–water partition coefficient (Wildman–Crippen LogP) is 2.09. The van der Waals surface area contributed by atoms with E-state index < -0.39 is 0 Å². The van der Waals surface area contributed by atoms with Crippen molar-refractivity contribution in [2.75, 3.05) is 6.54 Å². The summed E-state index contributed by atoms with van der Waals surface area (Å²) in [6.45, 7) is 12.6. The molecule has 0 rings (SSSR count). The summed E-state index contributed by atoms with van der Waals surface area (Å²) in [4.78, 5) is 11.6. The van der Waals surface area contributed by atoms with E-state index in [1.54, 1.807) is 6.08 Å². The van der Waals surface area contributed by atoms with E-state index in [4.69, 9.17) is 0 Å². The Morgan fingerprint density at radius 1 is 1.38 bits per heavy atom. The molecule has 2 N–H and O–H groups in total. The quantitative estimate of drug-likeness (QED) is 0.622. The minimum Gasteiger partial charge on any atom is -0.351 e. The van der Waals surface area contributed by atoms with E-state index in [-0.39, 0.29) is 11.9 Å². The molecule has 16 heavy (non-hydrogen) atoms. The van der Waals surface area contributed by atoms with E-state index in [1.165, 1.54) is 6.42 Å². The molecular formula is C13H26N2O. The molecule has 0 aliphatic heterocycles. The van der Waals surface area contributed by atoms with E-state index in [0.29, 0.717) is 18.5 Å². The average Bonchev–Trinajstić information content (AvgIpc) is 2.25. The van der Waals surface area contributed by atoms with Gasteiger partial charge in [0.1, 0.15) is 0 Å². The van der Waals surface area contributed by atoms with Gasteiger partial charge in [-0.25, -0.2) is 0 Å². The van der Waals surface area contributed by atoms with Crippen molar-refractivity contribution >= 4 is 5.91 Å². The molecule has 0 aliphatic carbocycles. The van der Waals surface area contributed by atoms with E-state index in [9.17, 15) is 4.79 Å². The first-order valence-corrected chi connectivity index (χ1v) is 6.15. The maximum absolute atomic E-state index is 11.6. The van der Waals surface area contributed by atoms with Gasteiger partial charge in [0.15, 0.2) is 0 Å². The number of amides is 1. The Morgan fingerprint density at radius 2 is 2.00 bits per heavy atom. The third-order valence-electron chi connectivity index (χ3n) is 2.80. The standard InChI is InChI=1S/C13H26N2O/c1-6-8-14-13(16)12(5)15-11(4)9-10(3)7-2/h6,10-12,15H,1,7-9H2,2-5H3,(H,14,16). The van der Waals surface area contributed by atoms with Crippen molar-refractivity contribution in [3.8, 4) is 0 Å². The van der Waals surface area contributed by atoms with Crippen LogP contribution in [-0.2, 0) is 4.79 Å². The van der Waals surface area contributed by atoms with Gasteiger partial charge < -0.3 is 10.6 Å². The molecule has 3 unspecified atom stereocenters. The van der Waals surface area contributed by atoms with Gasteiger partial charge in [-0.3, -0.25) is 4.79 Å². The van der Waals surface area contributed by atoms with Crippen molar-refractivity contribution < 1.29 is 4.79 Å². The minimum absolute atomic E-state index is 0.0379. The van der Waals surface area contributed by atoms with Gasteiger partial charge in [0.2, 0.25) is 5.91 Å². The Morgan fingerprint density at radius 3 is 2.50 bits per heavy atom. The average molecular weight is 226 g/mol. The van der Waals surface area contributed by atoms with E-state index >= 15 is 0 Å². The van der Waals surface area contributed by atoms with Gasteiger partial charge in [-0.2, -0.15) is 0 Å². The third-order valence-corrected chi connectivity index (χ3v) is 2.80. The number of carbonyl (C=O) groups excluding carboxylic acids is 1. The lowest BCUT2D eigenvalue weighted by atomic mass is 10.00. The van der Waals surface area contributed by atoms with Gasteiger partial charge in [-0.1, -0.05) is 26.3 Å². The van der Waals surface area contributed by atoms with Crippen LogP contribution in [0.3, 0.4) is 0 Å². The highest BCUT2D eigenvalue weighted by molar-refractivity contribution is 5.81. The van der Waals surface area contributed by atoms with Gasteiger partial charge in [0.05, 0.1) is 6.04 Å². The van der Waals surface area contributed by atoms with Crippen LogP contribution >= 0.6 is 0 Å². The van der Waals surface area contributed by atoms with Crippen LogP contribution in [0.2, 0.25) is 0 Å². The van der Waals surface area contributed by atoms with Crippen LogP contribution < -0.4 is 10.6 Å². The molecule has 0 saturated heterocycles. The largest absolute Gasteiger partial charge is 0.351 e. The van der Waals surface area contributed by atoms with Crippen LogP contribution in [0.5, 0.6) is 0 Å². The highest BCUT2D eigenvalue weighted by Crippen LogP contribution is 2.09. The number of rotatable bonds is 8. The van der Waals surface area contributed by atoms with Crippen molar-refractivity contribution in [3.05, 3.63) is 12.7 Å². The summed E-state index contributed by atoms with van der Waals surface area (Å²) >= 11 is 0. The molecule has 0 heterocycles. The molecule has 0 aromatic carbocycles. The highest BCUT2D eigenvalue weighted by Gasteiger charge is 2.15. The van der Waals surface area contributed by atoms with Crippen molar-refractivity contribution in [2.45, 2.75) is 52.6 Å². The SMILES string of the molecule is C=CCNC(=O)C(C)NC(C)CC(C)CC. The number of carbonyl (C=O) groups is 1. The second-order valence-corrected chi connectivity index (χ2v) is 4.57. The first kappa shape index (κ1) is 15.2. The van der Waals surface area contributed by atoms with E-state index in [2.05, 4.69) is 38.0 Å². The summed E-state index contributed by atoms with van der Waals surface area (Å²) < 4.78 is 0. The zero-order chi connectivity index (χ0) is 12.6. The van der Waals surface area contributed by atoms with Crippen LogP contribution in [0.4, 0.5) is 0 Å². The lowest BCUT2D eigenvalue weighted by Crippen LogP contribution is -2.46. The first-order chi connectivity index (χ1) is 7.51. The number of nitrogens with one attached hydrogen (secondary N) is 2. The normalized spacial score (nSPS) is 16.2. The van der Waals surface area contributed by atoms with Crippen LogP contribution in [0, 0.1) is 5.92 Å². The summed E-state index contributed by atoms with van der Waals surface area (Å²) in [5.41, 5.74) is 0. The molecule has 94 valence electrons. The summed E-state index contributed by atoms with van der Waals surface area (Å²) in [5.74, 6) is 0.738. The minimum atomic E-state index is -0.140. The predicted molar refractivity (Wildman–Crippen MR) is 69.3 cm³/mol. The lowest BCUT2D eigenvalue weighted by Gasteiger charge is -2.21. The summed E-state index contributed by atoms with van der Waals surface area (Å²) in [6.07, 6.45) is 3.98. The molecular weight excluding hydrogens is 200 g/mol. The third kappa shape index (κ3) is 6.62. The molecule has 0 radical (unpaired) electrons. The van der Waals surface area contributed by atoms with E-state index in [1.807, 2.05) is 6.92 Å². The summed E-state index contributed by atoms with van der Waals surface area (Å²) in [7, 11) is 0. The fourth-order valence-electron chi connectivity index (χ4n) is 1.67. The molecule has 3 atom stereocenters. The molecule has 3 nitrogen and oxygen atoms in total. The lowest BCUT2D eigenvalue weighted by molar-refractivity contribution is -0.122. The van der Waals surface area contributed by atoms with Gasteiger partial charge in [-0.15, -0.1) is 6.58 Å². The highest BCUT2D eigenvalue weighted by atomic mass is 16.2. The molecule has 0 spiro atoms. The Bertz CT molecular complexity index is 216. The van der Waals surface area contributed by atoms with Gasteiger partial charge in [-0.05, 0) is 26.2 Å². The molecule has 0 fully saturated rings. The Labute approximate surface area is 99.7 Å². The summed E-state index contributed by atoms with van der Waals surface area (Å²) in [6, 6.07) is 0.235. The number of hydrogen-bond acceptors (Lipinski definition) is 2.